The molecule has 0 atom stereocenters. The summed E-state index contributed by atoms with van der Waals surface area (Å²) in [7, 11) is 0. The van der Waals surface area contributed by atoms with Crippen molar-refractivity contribution >= 4 is 23.4 Å². The summed E-state index contributed by atoms with van der Waals surface area (Å²) in [6, 6.07) is 4.58. The summed E-state index contributed by atoms with van der Waals surface area (Å²) in [5.41, 5.74) is 5.26. The molecule has 2 amide bonds. The van der Waals surface area contributed by atoms with Gasteiger partial charge >= 0.3 is 12.4 Å². The first-order valence-electron chi connectivity index (χ1n) is 11.0. The average Bonchev–Trinajstić information content (AvgIpc) is 2.78. The zero-order valence-electron chi connectivity index (χ0n) is 18.5. The van der Waals surface area contributed by atoms with Crippen molar-refractivity contribution in [2.24, 2.45) is 5.73 Å². The zero-order valence-corrected chi connectivity index (χ0v) is 18.5. The van der Waals surface area contributed by atoms with Crippen molar-refractivity contribution in [3.05, 3.63) is 40.8 Å². The number of ether oxygens (including phenoxy) is 1. The van der Waals surface area contributed by atoms with E-state index in [-0.39, 0.29) is 11.6 Å². The number of urea groups is 1. The van der Waals surface area contributed by atoms with Crippen LogP contribution >= 0.6 is 0 Å². The fraction of sp³-hybridized carbons (Fsp3) is 0.476. The van der Waals surface area contributed by atoms with Crippen LogP contribution in [0.3, 0.4) is 0 Å². The second-order valence-corrected chi connectivity index (χ2v) is 7.78. The van der Waals surface area contributed by atoms with E-state index in [1.807, 2.05) is 4.90 Å². The molecule has 186 valence electrons. The number of unbranched alkanes of at least 4 members (excludes halogenated alkanes) is 1. The Kier molecular flexibility index (Phi) is 8.71. The highest BCUT2D eigenvalue weighted by molar-refractivity contribution is 5.99. The van der Waals surface area contributed by atoms with Crippen LogP contribution in [0.5, 0.6) is 5.75 Å². The van der Waals surface area contributed by atoms with Crippen molar-refractivity contribution in [3.8, 4) is 5.75 Å². The fourth-order valence-electron chi connectivity index (χ4n) is 3.62. The zero-order chi connectivity index (χ0) is 24.6. The van der Waals surface area contributed by atoms with Crippen molar-refractivity contribution in [3.63, 3.8) is 0 Å². The van der Waals surface area contributed by atoms with Gasteiger partial charge in [-0.1, -0.05) is 12.1 Å². The number of alkyl halides is 3. The minimum Gasteiger partial charge on any atom is -0.404 e. The molecule has 13 heteroatoms. The molecule has 1 saturated heterocycles. The number of carbonyl (C=O) groups excluding carboxylic acids is 1. The Morgan fingerprint density at radius 1 is 1.21 bits per heavy atom. The summed E-state index contributed by atoms with van der Waals surface area (Å²) in [6.45, 7) is 2.96. The van der Waals surface area contributed by atoms with Crippen LogP contribution in [-0.4, -0.2) is 54.6 Å². The molecule has 3 rings (SSSR count). The quantitative estimate of drug-likeness (QED) is 0.346. The van der Waals surface area contributed by atoms with Gasteiger partial charge in [-0.05, 0) is 50.9 Å². The van der Waals surface area contributed by atoms with E-state index >= 15 is 0 Å². The summed E-state index contributed by atoms with van der Waals surface area (Å²) >= 11 is 0. The number of aromatic nitrogens is 2. The largest absolute Gasteiger partial charge is 0.573 e. The Morgan fingerprint density at radius 2 is 1.94 bits per heavy atom. The Labute approximate surface area is 194 Å². The van der Waals surface area contributed by atoms with E-state index < -0.39 is 23.7 Å². The lowest BCUT2D eigenvalue weighted by Gasteiger charge is -2.33. The molecule has 1 aromatic carbocycles. The number of carbonyl (C=O) groups is 1. The number of anilines is 3. The van der Waals surface area contributed by atoms with E-state index in [2.05, 4.69) is 30.7 Å². The van der Waals surface area contributed by atoms with E-state index in [9.17, 15) is 22.8 Å². The molecule has 1 aliphatic rings. The number of nitrogens with zero attached hydrogens (tertiary/aromatic N) is 2. The van der Waals surface area contributed by atoms with Gasteiger partial charge in [0.1, 0.15) is 5.69 Å². The van der Waals surface area contributed by atoms with E-state index in [1.54, 1.807) is 0 Å². The number of nitrogens with one attached hydrogen (secondary N) is 4. The second-order valence-electron chi connectivity index (χ2n) is 7.78. The third-order valence-corrected chi connectivity index (χ3v) is 5.27. The first-order valence-corrected chi connectivity index (χ1v) is 11.0. The maximum absolute atomic E-state index is 12.5. The lowest BCUT2D eigenvalue weighted by atomic mass is 10.0. The van der Waals surface area contributed by atoms with Crippen LogP contribution in [-0.2, 0) is 0 Å². The first kappa shape index (κ1) is 25.3. The fourth-order valence-corrected chi connectivity index (χ4v) is 3.62. The first-order chi connectivity index (χ1) is 16.2. The standard InChI is InChI=1S/C21H28F3N7O3/c22-21(23,24)34-17-6-2-1-5-15(17)28-20(33)30-19-27-13-16(18(32)29-19)31-11-7-14(8-12-31)26-10-4-3-9-25/h1-2,5-6,13-14,26H,3-4,7-12,25H2,(H3,27,28,29,30,32,33). The monoisotopic (exact) mass is 483 g/mol. The number of piperidine rings is 1. The second kappa shape index (κ2) is 11.7. The number of rotatable bonds is 9. The van der Waals surface area contributed by atoms with Gasteiger partial charge in [0.25, 0.3) is 5.56 Å². The number of hydrogen-bond acceptors (Lipinski definition) is 7. The maximum Gasteiger partial charge on any atom is 0.573 e. The highest BCUT2D eigenvalue weighted by Gasteiger charge is 2.32. The van der Waals surface area contributed by atoms with Crippen molar-refractivity contribution in [1.29, 1.82) is 0 Å². The molecule has 2 aromatic rings. The van der Waals surface area contributed by atoms with Crippen molar-refractivity contribution in [2.45, 2.75) is 38.1 Å². The van der Waals surface area contributed by atoms with Gasteiger partial charge in [-0.3, -0.25) is 15.1 Å². The van der Waals surface area contributed by atoms with Crippen LogP contribution in [0.25, 0.3) is 0 Å². The summed E-state index contributed by atoms with van der Waals surface area (Å²) in [6.07, 6.45) is 0.228. The molecule has 2 heterocycles. The SMILES string of the molecule is NCCCCNC1CCN(c2cnc(NC(=O)Nc3ccccc3OC(F)(F)F)[nH]c2=O)CC1. The van der Waals surface area contributed by atoms with Crippen LogP contribution in [0.4, 0.5) is 35.3 Å². The minimum absolute atomic E-state index is 0.142. The van der Waals surface area contributed by atoms with Crippen molar-refractivity contribution in [2.75, 3.05) is 41.7 Å². The van der Waals surface area contributed by atoms with Crippen LogP contribution < -0.4 is 36.9 Å². The molecule has 34 heavy (non-hydrogen) atoms. The van der Waals surface area contributed by atoms with Crippen LogP contribution in [0.2, 0.25) is 0 Å². The maximum atomic E-state index is 12.5. The molecule has 1 fully saturated rings. The predicted molar refractivity (Wildman–Crippen MR) is 122 cm³/mol. The molecule has 0 spiro atoms. The smallest absolute Gasteiger partial charge is 0.404 e. The van der Waals surface area contributed by atoms with Gasteiger partial charge in [0, 0.05) is 19.1 Å². The summed E-state index contributed by atoms with van der Waals surface area (Å²) in [5.74, 6) is -0.712. The van der Waals surface area contributed by atoms with Gasteiger partial charge in [0.15, 0.2) is 5.75 Å². The van der Waals surface area contributed by atoms with Crippen LogP contribution in [0.1, 0.15) is 25.7 Å². The number of aromatic amines is 1. The Hall–Kier alpha value is -3.32. The van der Waals surface area contributed by atoms with Gasteiger partial charge in [-0.2, -0.15) is 0 Å². The van der Waals surface area contributed by atoms with E-state index in [1.165, 1.54) is 24.4 Å². The van der Waals surface area contributed by atoms with Crippen LogP contribution in [0, 0.1) is 0 Å². The topological polar surface area (TPSA) is 137 Å². The molecule has 0 aliphatic carbocycles. The molecule has 10 nitrogen and oxygen atoms in total. The normalized spacial score (nSPS) is 14.6. The molecule has 0 saturated carbocycles. The summed E-state index contributed by atoms with van der Waals surface area (Å²) in [4.78, 5) is 33.2. The number of nitrogens with two attached hydrogens (primary N) is 1. The number of benzene rings is 1. The third kappa shape index (κ3) is 7.63. The predicted octanol–water partition coefficient (Wildman–Crippen LogP) is 2.61. The lowest BCUT2D eigenvalue weighted by Crippen LogP contribution is -2.44. The van der Waals surface area contributed by atoms with Gasteiger partial charge < -0.3 is 26.0 Å². The molecule has 6 N–H and O–H groups in total. The Bertz CT molecular complexity index is 1010. The van der Waals surface area contributed by atoms with Gasteiger partial charge in [-0.25, -0.2) is 9.78 Å². The van der Waals surface area contributed by atoms with Gasteiger partial charge in [0.05, 0.1) is 11.9 Å². The minimum atomic E-state index is -4.91. The Balaban J connectivity index is 1.54. The number of H-pyrrole nitrogens is 1. The molecule has 0 bridgehead atoms. The third-order valence-electron chi connectivity index (χ3n) is 5.27. The molecule has 1 aromatic heterocycles. The number of amides is 2. The van der Waals surface area contributed by atoms with Crippen molar-refractivity contribution in [1.82, 2.24) is 15.3 Å². The summed E-state index contributed by atoms with van der Waals surface area (Å²) in [5, 5.41) is 8.05. The molecule has 0 radical (unpaired) electrons. The van der Waals surface area contributed by atoms with E-state index in [4.69, 9.17) is 5.73 Å². The van der Waals surface area contributed by atoms with E-state index in [0.29, 0.717) is 31.4 Å². The van der Waals surface area contributed by atoms with Crippen LogP contribution in [0.15, 0.2) is 35.3 Å². The molecular formula is C21H28F3N7O3. The van der Waals surface area contributed by atoms with E-state index in [0.717, 1.165) is 38.3 Å². The highest BCUT2D eigenvalue weighted by atomic mass is 19.4. The molecule has 0 unspecified atom stereocenters. The molecular weight excluding hydrogens is 455 g/mol. The van der Waals surface area contributed by atoms with Crippen molar-refractivity contribution < 1.29 is 22.7 Å². The number of para-hydroxylation sites is 2. The molecule has 1 aliphatic heterocycles. The highest BCUT2D eigenvalue weighted by Crippen LogP contribution is 2.30. The van der Waals surface area contributed by atoms with Gasteiger partial charge in [-0.15, -0.1) is 13.2 Å². The summed E-state index contributed by atoms with van der Waals surface area (Å²) < 4.78 is 41.5. The lowest BCUT2D eigenvalue weighted by molar-refractivity contribution is -0.274. The average molecular weight is 483 g/mol. The number of hydrogen-bond donors (Lipinski definition) is 5. The van der Waals surface area contributed by atoms with Gasteiger partial charge in [0.2, 0.25) is 5.95 Å². The number of halogens is 3. The Morgan fingerprint density at radius 3 is 2.62 bits per heavy atom.